The van der Waals surface area contributed by atoms with Gasteiger partial charge < -0.3 is 0 Å². The van der Waals surface area contributed by atoms with Gasteiger partial charge in [-0.3, -0.25) is 14.6 Å². The number of carbonyl (C=O) groups is 1. The number of nitrogens with one attached hydrogen (secondary N) is 1. The molecule has 0 bridgehead atoms. The van der Waals surface area contributed by atoms with Gasteiger partial charge in [-0.1, -0.05) is 30.0 Å². The molecular weight excluding hydrogens is 391 g/mol. The Kier molecular flexibility index (Phi) is 5.02. The van der Waals surface area contributed by atoms with Crippen molar-refractivity contribution in [3.63, 3.8) is 0 Å². The Hall–Kier alpha value is -3.26. The van der Waals surface area contributed by atoms with Crippen molar-refractivity contribution in [2.45, 2.75) is 18.2 Å². The number of para-hydroxylation sites is 1. The zero-order valence-electron chi connectivity index (χ0n) is 15.6. The van der Waals surface area contributed by atoms with Gasteiger partial charge in [-0.2, -0.15) is 0 Å². The molecule has 3 aromatic rings. The Balaban J connectivity index is 2.03. The van der Waals surface area contributed by atoms with Crippen LogP contribution in [-0.4, -0.2) is 21.7 Å². The summed E-state index contributed by atoms with van der Waals surface area (Å²) in [5.74, 6) is -0.0331. The van der Waals surface area contributed by atoms with E-state index in [2.05, 4.69) is 16.7 Å². The van der Waals surface area contributed by atoms with Gasteiger partial charge in [0.05, 0.1) is 11.3 Å². The third-order valence-corrected chi connectivity index (χ3v) is 5.46. The molecule has 0 saturated carbocycles. The Morgan fingerprint density at radius 1 is 1.31 bits per heavy atom. The average Bonchev–Trinajstić information content (AvgIpc) is 2.71. The zero-order valence-corrected chi connectivity index (χ0v) is 16.4. The monoisotopic (exact) mass is 409 g/mol. The molecule has 0 saturated heterocycles. The number of aromatic amines is 1. The first-order valence-corrected chi connectivity index (χ1v) is 9.94. The summed E-state index contributed by atoms with van der Waals surface area (Å²) in [7, 11) is 0. The van der Waals surface area contributed by atoms with E-state index in [0.29, 0.717) is 33.4 Å². The SMILES string of the molecule is C=CCSc1n[n+]2c(c(=O)[nH]1)-c1ccccc1N(C(C)=O)[C@@H]2c1ccc(F)cc1. The number of amides is 1. The maximum absolute atomic E-state index is 13.5. The van der Waals surface area contributed by atoms with Gasteiger partial charge in [0.15, 0.2) is 0 Å². The third-order valence-electron chi connectivity index (χ3n) is 4.60. The van der Waals surface area contributed by atoms with E-state index >= 15 is 0 Å². The van der Waals surface area contributed by atoms with Crippen LogP contribution < -0.4 is 15.1 Å². The van der Waals surface area contributed by atoms with Crippen LogP contribution >= 0.6 is 11.8 Å². The molecule has 0 unspecified atom stereocenters. The lowest BCUT2D eigenvalue weighted by Crippen LogP contribution is -2.60. The van der Waals surface area contributed by atoms with E-state index in [-0.39, 0.29) is 17.3 Å². The topological polar surface area (TPSA) is 69.9 Å². The van der Waals surface area contributed by atoms with E-state index in [1.54, 1.807) is 46.0 Å². The van der Waals surface area contributed by atoms with Crippen LogP contribution in [0.1, 0.15) is 18.7 Å². The fourth-order valence-electron chi connectivity index (χ4n) is 3.45. The van der Waals surface area contributed by atoms with Gasteiger partial charge in [-0.15, -0.1) is 6.58 Å². The highest BCUT2D eigenvalue weighted by Crippen LogP contribution is 2.37. The van der Waals surface area contributed by atoms with Crippen molar-refractivity contribution in [3.8, 4) is 11.3 Å². The third kappa shape index (κ3) is 3.36. The highest BCUT2D eigenvalue weighted by Gasteiger charge is 2.44. The average molecular weight is 409 g/mol. The normalized spacial score (nSPS) is 14.8. The second-order valence-corrected chi connectivity index (χ2v) is 7.49. The minimum atomic E-state index is -0.719. The number of thioether (sulfide) groups is 1. The van der Waals surface area contributed by atoms with Crippen LogP contribution in [-0.2, 0) is 4.79 Å². The summed E-state index contributed by atoms with van der Waals surface area (Å²) in [5, 5.41) is 5.02. The van der Waals surface area contributed by atoms with E-state index in [1.807, 2.05) is 6.07 Å². The molecule has 1 N–H and O–H groups in total. The summed E-state index contributed by atoms with van der Waals surface area (Å²) in [5.41, 5.74) is 1.88. The molecular formula is C21H18FN4O2S+. The van der Waals surface area contributed by atoms with Crippen molar-refractivity contribution in [3.05, 3.63) is 82.9 Å². The van der Waals surface area contributed by atoms with Crippen LogP contribution in [0.5, 0.6) is 0 Å². The van der Waals surface area contributed by atoms with Gasteiger partial charge in [-0.25, -0.2) is 9.29 Å². The van der Waals surface area contributed by atoms with E-state index in [9.17, 15) is 14.0 Å². The molecule has 0 radical (unpaired) electrons. The van der Waals surface area contributed by atoms with Crippen molar-refractivity contribution in [2.75, 3.05) is 10.7 Å². The van der Waals surface area contributed by atoms with Crippen LogP contribution in [0, 0.1) is 5.82 Å². The number of rotatable bonds is 4. The number of anilines is 1. The van der Waals surface area contributed by atoms with E-state index in [0.717, 1.165) is 0 Å². The van der Waals surface area contributed by atoms with Gasteiger partial charge >= 0.3 is 11.3 Å². The first-order valence-electron chi connectivity index (χ1n) is 8.95. The number of fused-ring (bicyclic) bond motifs is 3. The lowest BCUT2D eigenvalue weighted by Gasteiger charge is -2.31. The molecule has 2 aromatic carbocycles. The molecule has 2 heterocycles. The second kappa shape index (κ2) is 7.63. The highest BCUT2D eigenvalue weighted by molar-refractivity contribution is 7.99. The number of benzene rings is 2. The second-order valence-electron chi connectivity index (χ2n) is 6.48. The predicted octanol–water partition coefficient (Wildman–Crippen LogP) is 3.06. The highest BCUT2D eigenvalue weighted by atomic mass is 32.2. The Morgan fingerprint density at radius 2 is 2.03 bits per heavy atom. The standard InChI is InChI=1S/C21H17FN4O2S/c1-3-12-29-21-23-19(28)18-16-6-4-5-7-17(16)25(13(2)27)20(26(18)24-21)14-8-10-15(22)11-9-14/h3-11,20H,1,12H2,2H3/p+1/t20-/m0/s1. The molecule has 0 spiro atoms. The molecule has 6 nitrogen and oxygen atoms in total. The first kappa shape index (κ1) is 19.1. The van der Waals surface area contributed by atoms with Gasteiger partial charge in [0.1, 0.15) is 5.82 Å². The molecule has 1 aromatic heterocycles. The van der Waals surface area contributed by atoms with Crippen molar-refractivity contribution in [2.24, 2.45) is 0 Å². The lowest BCUT2D eigenvalue weighted by molar-refractivity contribution is -0.763. The maximum atomic E-state index is 13.5. The van der Waals surface area contributed by atoms with Crippen LogP contribution in [0.2, 0.25) is 0 Å². The number of aromatic nitrogens is 3. The van der Waals surface area contributed by atoms with Gasteiger partial charge in [0.25, 0.3) is 6.17 Å². The quantitative estimate of drug-likeness (QED) is 0.409. The molecule has 29 heavy (non-hydrogen) atoms. The first-order chi connectivity index (χ1) is 14.0. The number of nitrogens with zero attached hydrogens (tertiary/aromatic N) is 3. The fraction of sp³-hybridized carbons (Fsp3) is 0.143. The summed E-state index contributed by atoms with van der Waals surface area (Å²) in [6.07, 6.45) is 0.993. The summed E-state index contributed by atoms with van der Waals surface area (Å²) in [6.45, 7) is 5.14. The summed E-state index contributed by atoms with van der Waals surface area (Å²) < 4.78 is 15.1. The summed E-state index contributed by atoms with van der Waals surface area (Å²) in [6, 6.07) is 13.0. The van der Waals surface area contributed by atoms with Crippen LogP contribution in [0.25, 0.3) is 11.3 Å². The zero-order chi connectivity index (χ0) is 20.5. The molecule has 1 aliphatic rings. The van der Waals surface area contributed by atoms with Crippen molar-refractivity contribution in [1.29, 1.82) is 0 Å². The number of carbonyl (C=O) groups excluding carboxylic acids is 1. The predicted molar refractivity (Wildman–Crippen MR) is 109 cm³/mol. The molecule has 146 valence electrons. The summed E-state index contributed by atoms with van der Waals surface area (Å²) in [4.78, 5) is 30.0. The smallest absolute Gasteiger partial charge is 0.291 e. The maximum Gasteiger partial charge on any atom is 0.325 e. The minimum absolute atomic E-state index is 0.215. The van der Waals surface area contributed by atoms with Gasteiger partial charge in [0.2, 0.25) is 11.1 Å². The molecule has 1 amide bonds. The Labute approximate surface area is 170 Å². The van der Waals surface area contributed by atoms with Crippen LogP contribution in [0.3, 0.4) is 0 Å². The Bertz CT molecular complexity index is 1160. The van der Waals surface area contributed by atoms with Gasteiger partial charge in [-0.05, 0) is 41.1 Å². The fourth-order valence-corrected chi connectivity index (χ4v) is 4.04. The molecule has 1 aliphatic heterocycles. The van der Waals surface area contributed by atoms with E-state index in [1.165, 1.54) is 30.8 Å². The molecule has 0 aliphatic carbocycles. The van der Waals surface area contributed by atoms with E-state index < -0.39 is 6.17 Å². The Morgan fingerprint density at radius 3 is 2.72 bits per heavy atom. The lowest BCUT2D eigenvalue weighted by atomic mass is 10.0. The number of hydrogen-bond donors (Lipinski definition) is 1. The van der Waals surface area contributed by atoms with Crippen molar-refractivity contribution < 1.29 is 13.9 Å². The summed E-state index contributed by atoms with van der Waals surface area (Å²) >= 11 is 1.33. The molecule has 1 atom stereocenters. The van der Waals surface area contributed by atoms with Gasteiger partial charge in [0, 0.05) is 23.3 Å². The van der Waals surface area contributed by atoms with Crippen LogP contribution in [0.4, 0.5) is 10.1 Å². The number of halogens is 1. The van der Waals surface area contributed by atoms with E-state index in [4.69, 9.17) is 0 Å². The molecule has 4 rings (SSSR count). The largest absolute Gasteiger partial charge is 0.325 e. The molecule has 0 fully saturated rings. The minimum Gasteiger partial charge on any atom is -0.291 e. The van der Waals surface area contributed by atoms with Crippen molar-refractivity contribution in [1.82, 2.24) is 10.1 Å². The number of H-pyrrole nitrogens is 1. The number of hydrogen-bond acceptors (Lipinski definition) is 4. The van der Waals surface area contributed by atoms with Crippen molar-refractivity contribution >= 4 is 23.4 Å². The van der Waals surface area contributed by atoms with Crippen LogP contribution in [0.15, 0.2) is 71.1 Å². The molecule has 8 heteroatoms.